The Balaban J connectivity index is 1.75. The topological polar surface area (TPSA) is 87.7 Å². The normalized spacial score (nSPS) is 22.0. The van der Waals surface area contributed by atoms with Gasteiger partial charge in [-0.2, -0.15) is 0 Å². The number of carboxylic acid groups (broad SMARTS) is 1. The second kappa shape index (κ2) is 6.91. The van der Waals surface area contributed by atoms with Crippen LogP contribution >= 0.6 is 0 Å². The van der Waals surface area contributed by atoms with Gasteiger partial charge >= 0.3 is 12.1 Å². The predicted molar refractivity (Wildman–Crippen MR) is 72.2 cm³/mol. The van der Waals surface area contributed by atoms with Crippen molar-refractivity contribution in [3.8, 4) is 0 Å². The van der Waals surface area contributed by atoms with Crippen LogP contribution < -0.4 is 10.6 Å². The minimum atomic E-state index is -0.846. The molecule has 1 aliphatic rings. The van der Waals surface area contributed by atoms with E-state index in [1.807, 2.05) is 30.3 Å². The summed E-state index contributed by atoms with van der Waals surface area (Å²) in [5.74, 6) is -1.31. The number of piperidine rings is 1. The van der Waals surface area contributed by atoms with E-state index in [0.717, 1.165) is 5.56 Å². The van der Waals surface area contributed by atoms with Gasteiger partial charge in [0.2, 0.25) is 0 Å². The first-order chi connectivity index (χ1) is 9.65. The zero-order valence-corrected chi connectivity index (χ0v) is 11.0. The van der Waals surface area contributed by atoms with Gasteiger partial charge in [-0.15, -0.1) is 0 Å². The summed E-state index contributed by atoms with van der Waals surface area (Å²) in [5.41, 5.74) is 0.910. The second-order valence-corrected chi connectivity index (χ2v) is 4.83. The quantitative estimate of drug-likeness (QED) is 0.764. The van der Waals surface area contributed by atoms with Crippen LogP contribution in [-0.4, -0.2) is 36.3 Å². The largest absolute Gasteiger partial charge is 0.481 e. The molecular weight excluding hydrogens is 260 g/mol. The van der Waals surface area contributed by atoms with E-state index < -0.39 is 18.0 Å². The average molecular weight is 278 g/mol. The lowest BCUT2D eigenvalue weighted by Crippen LogP contribution is -2.50. The summed E-state index contributed by atoms with van der Waals surface area (Å²) in [4.78, 5) is 22.6. The van der Waals surface area contributed by atoms with Crippen LogP contribution in [0.25, 0.3) is 0 Å². The molecule has 1 unspecified atom stereocenters. The molecule has 2 atom stereocenters. The summed E-state index contributed by atoms with van der Waals surface area (Å²) in [7, 11) is 0. The van der Waals surface area contributed by atoms with Crippen molar-refractivity contribution in [1.29, 1.82) is 0 Å². The van der Waals surface area contributed by atoms with E-state index in [9.17, 15) is 9.59 Å². The maximum atomic E-state index is 11.7. The number of hydrogen-bond acceptors (Lipinski definition) is 4. The molecule has 1 amide bonds. The van der Waals surface area contributed by atoms with Crippen LogP contribution in [-0.2, 0) is 16.1 Å². The molecule has 0 radical (unpaired) electrons. The molecule has 1 aromatic rings. The van der Waals surface area contributed by atoms with Crippen molar-refractivity contribution in [2.24, 2.45) is 5.92 Å². The minimum Gasteiger partial charge on any atom is -0.481 e. The number of rotatable bonds is 4. The number of hydrogen-bond donors (Lipinski definition) is 3. The average Bonchev–Trinajstić information content (AvgIpc) is 2.46. The molecule has 0 bridgehead atoms. The Labute approximate surface area is 117 Å². The highest BCUT2D eigenvalue weighted by atomic mass is 16.5. The SMILES string of the molecule is O=C(N[C@@H]1CNCC(C(=O)O)C1)OCc1ccccc1. The van der Waals surface area contributed by atoms with Gasteiger partial charge in [0.25, 0.3) is 0 Å². The van der Waals surface area contributed by atoms with Crippen molar-refractivity contribution in [2.75, 3.05) is 13.1 Å². The third-order valence-corrected chi connectivity index (χ3v) is 3.23. The zero-order chi connectivity index (χ0) is 14.4. The van der Waals surface area contributed by atoms with Crippen LogP contribution in [0.15, 0.2) is 30.3 Å². The monoisotopic (exact) mass is 278 g/mol. The maximum Gasteiger partial charge on any atom is 0.407 e. The number of ether oxygens (including phenoxy) is 1. The number of carbonyl (C=O) groups is 2. The molecule has 0 aliphatic carbocycles. The summed E-state index contributed by atoms with van der Waals surface area (Å²) in [5, 5.41) is 14.6. The molecule has 0 aromatic heterocycles. The fourth-order valence-electron chi connectivity index (χ4n) is 2.17. The molecule has 1 fully saturated rings. The summed E-state index contributed by atoms with van der Waals surface area (Å²) < 4.78 is 5.10. The van der Waals surface area contributed by atoms with E-state index in [2.05, 4.69) is 10.6 Å². The van der Waals surface area contributed by atoms with Crippen LogP contribution in [0.5, 0.6) is 0 Å². The Morgan fingerprint density at radius 2 is 2.05 bits per heavy atom. The fourth-order valence-corrected chi connectivity index (χ4v) is 2.17. The zero-order valence-electron chi connectivity index (χ0n) is 11.0. The third kappa shape index (κ3) is 4.24. The lowest BCUT2D eigenvalue weighted by atomic mass is 9.96. The van der Waals surface area contributed by atoms with Gasteiger partial charge in [0, 0.05) is 19.1 Å². The summed E-state index contributed by atoms with van der Waals surface area (Å²) in [6.07, 6.45) is -0.102. The van der Waals surface area contributed by atoms with Gasteiger partial charge in [0.15, 0.2) is 0 Å². The van der Waals surface area contributed by atoms with Crippen molar-refractivity contribution in [3.05, 3.63) is 35.9 Å². The van der Waals surface area contributed by atoms with E-state index in [-0.39, 0.29) is 12.6 Å². The summed E-state index contributed by atoms with van der Waals surface area (Å²) in [6.45, 7) is 1.20. The number of benzene rings is 1. The summed E-state index contributed by atoms with van der Waals surface area (Å²) >= 11 is 0. The Kier molecular flexibility index (Phi) is 4.95. The minimum absolute atomic E-state index is 0.204. The molecule has 3 N–H and O–H groups in total. The fraction of sp³-hybridized carbons (Fsp3) is 0.429. The van der Waals surface area contributed by atoms with Gasteiger partial charge < -0.3 is 20.5 Å². The Morgan fingerprint density at radius 3 is 2.75 bits per heavy atom. The molecular formula is C14H18N2O4. The van der Waals surface area contributed by atoms with E-state index in [0.29, 0.717) is 19.5 Å². The first-order valence-corrected chi connectivity index (χ1v) is 6.56. The number of aliphatic carboxylic acids is 1. The van der Waals surface area contributed by atoms with Crippen molar-refractivity contribution in [3.63, 3.8) is 0 Å². The van der Waals surface area contributed by atoms with Gasteiger partial charge in [-0.3, -0.25) is 4.79 Å². The van der Waals surface area contributed by atoms with Crippen LogP contribution in [0.4, 0.5) is 4.79 Å². The van der Waals surface area contributed by atoms with Crippen molar-refractivity contribution in [2.45, 2.75) is 19.1 Å². The van der Waals surface area contributed by atoms with E-state index in [1.165, 1.54) is 0 Å². The highest BCUT2D eigenvalue weighted by molar-refractivity contribution is 5.71. The highest BCUT2D eigenvalue weighted by Gasteiger charge is 2.27. The van der Waals surface area contributed by atoms with E-state index in [1.54, 1.807) is 0 Å². The number of carbonyl (C=O) groups excluding carboxylic acids is 1. The van der Waals surface area contributed by atoms with Crippen molar-refractivity contribution < 1.29 is 19.4 Å². The Bertz CT molecular complexity index is 464. The van der Waals surface area contributed by atoms with Gasteiger partial charge in [-0.1, -0.05) is 30.3 Å². The maximum absolute atomic E-state index is 11.7. The van der Waals surface area contributed by atoms with Crippen LogP contribution in [0.2, 0.25) is 0 Å². The van der Waals surface area contributed by atoms with Gasteiger partial charge in [0.05, 0.1) is 5.92 Å². The Morgan fingerprint density at radius 1 is 1.30 bits per heavy atom. The van der Waals surface area contributed by atoms with Gasteiger partial charge in [0.1, 0.15) is 6.61 Å². The molecule has 108 valence electrons. The van der Waals surface area contributed by atoms with Crippen LogP contribution in [0.1, 0.15) is 12.0 Å². The first kappa shape index (κ1) is 14.3. The molecule has 1 aromatic carbocycles. The number of nitrogens with one attached hydrogen (secondary N) is 2. The number of amides is 1. The molecule has 6 heteroatoms. The lowest BCUT2D eigenvalue weighted by molar-refractivity contribution is -0.142. The van der Waals surface area contributed by atoms with Crippen LogP contribution in [0.3, 0.4) is 0 Å². The van der Waals surface area contributed by atoms with Gasteiger partial charge in [-0.25, -0.2) is 4.79 Å². The third-order valence-electron chi connectivity index (χ3n) is 3.23. The molecule has 0 saturated carbocycles. The van der Waals surface area contributed by atoms with Crippen molar-refractivity contribution in [1.82, 2.24) is 10.6 Å². The lowest BCUT2D eigenvalue weighted by Gasteiger charge is -2.27. The molecule has 0 spiro atoms. The highest BCUT2D eigenvalue weighted by Crippen LogP contribution is 2.11. The van der Waals surface area contributed by atoms with Crippen molar-refractivity contribution >= 4 is 12.1 Å². The second-order valence-electron chi connectivity index (χ2n) is 4.83. The molecule has 1 heterocycles. The Hall–Kier alpha value is -2.08. The molecule has 1 aliphatic heterocycles. The van der Waals surface area contributed by atoms with Crippen LogP contribution in [0, 0.1) is 5.92 Å². The number of alkyl carbamates (subject to hydrolysis) is 1. The first-order valence-electron chi connectivity index (χ1n) is 6.56. The molecule has 20 heavy (non-hydrogen) atoms. The molecule has 2 rings (SSSR count). The standard InChI is InChI=1S/C14H18N2O4/c17-13(18)11-6-12(8-15-7-11)16-14(19)20-9-10-4-2-1-3-5-10/h1-5,11-12,15H,6-9H2,(H,16,19)(H,17,18)/t11?,12-/m0/s1. The predicted octanol–water partition coefficient (Wildman–Crippen LogP) is 0.975. The van der Waals surface area contributed by atoms with E-state index in [4.69, 9.17) is 9.84 Å². The summed E-state index contributed by atoms with van der Waals surface area (Å²) in [6, 6.07) is 9.17. The number of carboxylic acids is 1. The smallest absolute Gasteiger partial charge is 0.407 e. The van der Waals surface area contributed by atoms with Gasteiger partial charge in [-0.05, 0) is 12.0 Å². The molecule has 6 nitrogen and oxygen atoms in total. The molecule has 1 saturated heterocycles. The van der Waals surface area contributed by atoms with E-state index >= 15 is 0 Å².